The average Bonchev–Trinajstić information content (AvgIpc) is 2.86. The average molecular weight is 486 g/mol. The van der Waals surface area contributed by atoms with Crippen LogP contribution in [0.4, 0.5) is 10.5 Å². The van der Waals surface area contributed by atoms with Crippen LogP contribution in [0.1, 0.15) is 66.6 Å². The van der Waals surface area contributed by atoms with Crippen LogP contribution in [0, 0.1) is 6.92 Å². The van der Waals surface area contributed by atoms with Gasteiger partial charge < -0.3 is 9.64 Å². The highest BCUT2D eigenvalue weighted by molar-refractivity contribution is 5.97. The van der Waals surface area contributed by atoms with Gasteiger partial charge in [0.25, 0.3) is 5.91 Å². The topological polar surface area (TPSA) is 62.7 Å². The summed E-state index contributed by atoms with van der Waals surface area (Å²) in [6, 6.07) is 19.7. The molecule has 0 radical (unpaired) electrons. The number of rotatable bonds is 5. The molecular formula is C30H35N3O3. The van der Waals surface area contributed by atoms with E-state index in [1.165, 1.54) is 11.1 Å². The first-order valence-corrected chi connectivity index (χ1v) is 12.5. The first-order chi connectivity index (χ1) is 17.2. The molecule has 0 bridgehead atoms. The lowest BCUT2D eigenvalue weighted by Crippen LogP contribution is -2.38. The number of aromatic nitrogens is 1. The fourth-order valence-electron chi connectivity index (χ4n) is 4.58. The van der Waals surface area contributed by atoms with E-state index in [4.69, 9.17) is 4.74 Å². The van der Waals surface area contributed by atoms with Gasteiger partial charge in [-0.25, -0.2) is 4.79 Å². The van der Waals surface area contributed by atoms with E-state index in [1.807, 2.05) is 56.0 Å². The van der Waals surface area contributed by atoms with Crippen molar-refractivity contribution in [2.75, 3.05) is 18.0 Å². The normalized spacial score (nSPS) is 14.4. The highest BCUT2D eigenvalue weighted by Gasteiger charge is 2.27. The highest BCUT2D eigenvalue weighted by Crippen LogP contribution is 2.30. The van der Waals surface area contributed by atoms with Crippen LogP contribution in [0.15, 0.2) is 73.1 Å². The number of likely N-dealkylation sites (tertiary alicyclic amines) is 1. The van der Waals surface area contributed by atoms with Gasteiger partial charge in [-0.05, 0) is 81.8 Å². The van der Waals surface area contributed by atoms with Crippen LogP contribution in [0.25, 0.3) is 0 Å². The molecule has 1 aliphatic rings. The zero-order valence-electron chi connectivity index (χ0n) is 21.6. The lowest BCUT2D eigenvalue weighted by molar-refractivity contribution is 0.0576. The Kier molecular flexibility index (Phi) is 7.73. The van der Waals surface area contributed by atoms with Crippen LogP contribution in [0.2, 0.25) is 0 Å². The molecule has 1 fully saturated rings. The number of piperidine rings is 1. The molecule has 1 aliphatic heterocycles. The summed E-state index contributed by atoms with van der Waals surface area (Å²) in [6.07, 6.45) is 4.85. The molecule has 3 aromatic rings. The molecule has 0 spiro atoms. The van der Waals surface area contributed by atoms with E-state index in [0.29, 0.717) is 36.8 Å². The third-order valence-corrected chi connectivity index (χ3v) is 6.38. The minimum Gasteiger partial charge on any atom is -0.443 e. The maximum Gasteiger partial charge on any atom is 0.415 e. The maximum atomic E-state index is 13.4. The Hall–Kier alpha value is -3.67. The van der Waals surface area contributed by atoms with Gasteiger partial charge in [0, 0.05) is 36.7 Å². The Balaban J connectivity index is 1.50. The number of benzene rings is 2. The van der Waals surface area contributed by atoms with E-state index in [-0.39, 0.29) is 5.91 Å². The smallest absolute Gasteiger partial charge is 0.415 e. The number of aryl methyl sites for hydroxylation is 1. The standard InChI is InChI=1S/C30H35N3O3/c1-22-8-5-10-25(18-22)24-13-16-32(17-14-24)28(34)26-11-6-12-27(19-26)33(29(35)36-30(2,3)4)21-23-9-7-15-31-20-23/h5-12,15,18-20,24H,13-14,16-17,21H2,1-4H3. The van der Waals surface area contributed by atoms with E-state index < -0.39 is 11.7 Å². The number of anilines is 1. The van der Waals surface area contributed by atoms with Crippen molar-refractivity contribution >= 4 is 17.7 Å². The number of carbonyl (C=O) groups is 2. The third-order valence-electron chi connectivity index (χ3n) is 6.38. The number of nitrogens with zero attached hydrogens (tertiary/aromatic N) is 3. The zero-order chi connectivity index (χ0) is 25.7. The van der Waals surface area contributed by atoms with Gasteiger partial charge in [0.1, 0.15) is 5.60 Å². The third kappa shape index (κ3) is 6.51. The Labute approximate surface area is 213 Å². The van der Waals surface area contributed by atoms with E-state index in [0.717, 1.165) is 18.4 Å². The predicted molar refractivity (Wildman–Crippen MR) is 142 cm³/mol. The Morgan fingerprint density at radius 2 is 1.78 bits per heavy atom. The van der Waals surface area contributed by atoms with Crippen molar-refractivity contribution in [2.45, 2.75) is 58.6 Å². The first kappa shape index (κ1) is 25.4. The SMILES string of the molecule is Cc1cccc(C2CCN(C(=O)c3cccc(N(Cc4cccnc4)C(=O)OC(C)(C)C)c3)CC2)c1. The fourth-order valence-corrected chi connectivity index (χ4v) is 4.58. The zero-order valence-corrected chi connectivity index (χ0v) is 21.6. The largest absolute Gasteiger partial charge is 0.443 e. The van der Waals surface area contributed by atoms with Gasteiger partial charge in [-0.1, -0.05) is 42.0 Å². The van der Waals surface area contributed by atoms with Crippen LogP contribution in [0.5, 0.6) is 0 Å². The van der Waals surface area contributed by atoms with Gasteiger partial charge in [0.2, 0.25) is 0 Å². The first-order valence-electron chi connectivity index (χ1n) is 12.5. The summed E-state index contributed by atoms with van der Waals surface area (Å²) in [6.45, 7) is 9.36. The number of ether oxygens (including phenoxy) is 1. The molecule has 2 heterocycles. The summed E-state index contributed by atoms with van der Waals surface area (Å²) >= 11 is 0. The quantitative estimate of drug-likeness (QED) is 0.422. The van der Waals surface area contributed by atoms with Crippen molar-refractivity contribution in [3.63, 3.8) is 0 Å². The van der Waals surface area contributed by atoms with Gasteiger partial charge in [-0.15, -0.1) is 0 Å². The van der Waals surface area contributed by atoms with Crippen molar-refractivity contribution in [1.29, 1.82) is 0 Å². The van der Waals surface area contributed by atoms with Gasteiger partial charge >= 0.3 is 6.09 Å². The van der Waals surface area contributed by atoms with Gasteiger partial charge in [0.05, 0.1) is 6.54 Å². The molecule has 0 aliphatic carbocycles. The van der Waals surface area contributed by atoms with Gasteiger partial charge in [-0.3, -0.25) is 14.7 Å². The van der Waals surface area contributed by atoms with Crippen molar-refractivity contribution in [1.82, 2.24) is 9.88 Å². The molecule has 6 heteroatoms. The van der Waals surface area contributed by atoms with E-state index >= 15 is 0 Å². The minimum atomic E-state index is -0.640. The van der Waals surface area contributed by atoms with Crippen molar-refractivity contribution in [3.05, 3.63) is 95.3 Å². The van der Waals surface area contributed by atoms with Crippen molar-refractivity contribution < 1.29 is 14.3 Å². The number of amides is 2. The molecule has 4 rings (SSSR count). The lowest BCUT2D eigenvalue weighted by Gasteiger charge is -2.33. The minimum absolute atomic E-state index is 0.00920. The molecule has 2 aromatic carbocycles. The molecule has 2 amide bonds. The molecule has 188 valence electrons. The van der Waals surface area contributed by atoms with Gasteiger partial charge in [-0.2, -0.15) is 0 Å². The molecule has 0 saturated carbocycles. The summed E-state index contributed by atoms with van der Waals surface area (Å²) in [5.74, 6) is 0.465. The maximum absolute atomic E-state index is 13.4. The number of hydrogen-bond acceptors (Lipinski definition) is 4. The van der Waals surface area contributed by atoms with Crippen LogP contribution in [-0.4, -0.2) is 40.6 Å². The summed E-state index contributed by atoms with van der Waals surface area (Å²) in [4.78, 5) is 34.2. The molecule has 6 nitrogen and oxygen atoms in total. The summed E-state index contributed by atoms with van der Waals surface area (Å²) < 4.78 is 5.68. The van der Waals surface area contributed by atoms with Crippen molar-refractivity contribution in [2.24, 2.45) is 0 Å². The Morgan fingerprint density at radius 1 is 1.03 bits per heavy atom. The second-order valence-corrected chi connectivity index (χ2v) is 10.5. The molecular weight excluding hydrogens is 450 g/mol. The number of hydrogen-bond donors (Lipinski definition) is 0. The fraction of sp³-hybridized carbons (Fsp3) is 0.367. The van der Waals surface area contributed by atoms with Crippen LogP contribution in [0.3, 0.4) is 0 Å². The van der Waals surface area contributed by atoms with E-state index in [2.05, 4.69) is 36.2 Å². The van der Waals surface area contributed by atoms with Gasteiger partial charge in [0.15, 0.2) is 0 Å². The number of pyridine rings is 1. The van der Waals surface area contributed by atoms with Crippen LogP contribution in [-0.2, 0) is 11.3 Å². The molecule has 0 atom stereocenters. The highest BCUT2D eigenvalue weighted by atomic mass is 16.6. The second-order valence-electron chi connectivity index (χ2n) is 10.5. The van der Waals surface area contributed by atoms with Crippen LogP contribution < -0.4 is 4.90 Å². The second kappa shape index (κ2) is 10.9. The Bertz CT molecular complexity index is 1200. The summed E-state index contributed by atoms with van der Waals surface area (Å²) in [7, 11) is 0. The number of carbonyl (C=O) groups excluding carboxylic acids is 2. The van der Waals surface area contributed by atoms with Crippen molar-refractivity contribution in [3.8, 4) is 0 Å². The molecule has 1 aromatic heterocycles. The summed E-state index contributed by atoms with van der Waals surface area (Å²) in [5, 5.41) is 0. The summed E-state index contributed by atoms with van der Waals surface area (Å²) in [5.41, 5.74) is 4.04. The predicted octanol–water partition coefficient (Wildman–Crippen LogP) is 6.35. The molecule has 0 N–H and O–H groups in total. The van der Waals surface area contributed by atoms with E-state index in [1.54, 1.807) is 23.4 Å². The monoisotopic (exact) mass is 485 g/mol. The molecule has 1 saturated heterocycles. The van der Waals surface area contributed by atoms with E-state index in [9.17, 15) is 9.59 Å². The van der Waals surface area contributed by atoms with Crippen LogP contribution >= 0.6 is 0 Å². The Morgan fingerprint density at radius 3 is 2.44 bits per heavy atom. The molecule has 36 heavy (non-hydrogen) atoms. The lowest BCUT2D eigenvalue weighted by atomic mass is 9.88. The molecule has 0 unspecified atom stereocenters.